The fraction of sp³-hybridized carbons (Fsp3) is 0. The fourth-order valence-electron chi connectivity index (χ4n) is 4.62. The van der Waals surface area contributed by atoms with E-state index >= 15 is 0 Å². The Bertz CT molecular complexity index is 3610. The second-order valence-electron chi connectivity index (χ2n) is 8.50. The first-order chi connectivity index (χ1) is 30.7. The second kappa shape index (κ2) is 9.22. The Morgan fingerprint density at radius 2 is 0.875 bits per heavy atom. The third kappa shape index (κ3) is 3.61. The number of fused-ring (bicyclic) bond motifs is 4. The zero-order valence-corrected chi connectivity index (χ0v) is 20.0. The maximum Gasteiger partial charge on any atom is 0.0636 e. The van der Waals surface area contributed by atoms with Gasteiger partial charge in [0.05, 0.1) is 35.6 Å². The number of hydrogen-bond donors (Lipinski definition) is 0. The van der Waals surface area contributed by atoms with Crippen molar-refractivity contribution < 1.29 is 35.6 Å². The van der Waals surface area contributed by atoms with Gasteiger partial charge in [-0.15, -0.1) is 0 Å². The molecule has 0 aliphatic carbocycles. The molecule has 0 aliphatic heterocycles. The average molecular weight is 533 g/mol. The van der Waals surface area contributed by atoms with Crippen LogP contribution in [-0.2, 0) is 0 Å². The predicted octanol–water partition coefficient (Wildman–Crippen LogP) is 11.3. The Balaban J connectivity index is 1.83. The maximum absolute atomic E-state index is 10.00. The molecular formula is C40H26. The molecule has 0 heteroatoms. The van der Waals surface area contributed by atoms with Crippen LogP contribution in [0.15, 0.2) is 157 Å². The molecule has 0 bridgehead atoms. The Morgan fingerprint density at radius 3 is 1.68 bits per heavy atom. The van der Waals surface area contributed by atoms with E-state index in [2.05, 4.69) is 0 Å². The van der Waals surface area contributed by atoms with Crippen molar-refractivity contribution in [1.82, 2.24) is 0 Å². The van der Waals surface area contributed by atoms with E-state index in [1.807, 2.05) is 0 Å². The molecule has 0 spiro atoms. The van der Waals surface area contributed by atoms with Gasteiger partial charge in [0.15, 0.2) is 0 Å². The van der Waals surface area contributed by atoms with E-state index in [0.29, 0.717) is 0 Å². The summed E-state index contributed by atoms with van der Waals surface area (Å²) in [5.41, 5.74) is -4.76. The van der Waals surface area contributed by atoms with E-state index < -0.39 is 234 Å². The Hall–Kier alpha value is -5.20. The zero-order chi connectivity index (χ0) is 49.1. The summed E-state index contributed by atoms with van der Waals surface area (Å²) in [6, 6.07) is -24.5. The first-order valence-corrected chi connectivity index (χ1v) is 11.8. The van der Waals surface area contributed by atoms with Gasteiger partial charge >= 0.3 is 0 Å². The lowest BCUT2D eigenvalue weighted by Gasteiger charge is -2.19. The van der Waals surface area contributed by atoms with Crippen LogP contribution in [0.2, 0.25) is 0 Å². The van der Waals surface area contributed by atoms with Gasteiger partial charge in [0, 0.05) is 0 Å². The van der Waals surface area contributed by atoms with Crippen LogP contribution in [0.4, 0.5) is 0 Å². The third-order valence-corrected chi connectivity index (χ3v) is 6.31. The summed E-state index contributed by atoms with van der Waals surface area (Å²) in [5, 5.41) is -5.57. The first kappa shape index (κ1) is 8.65. The van der Waals surface area contributed by atoms with Crippen molar-refractivity contribution in [1.29, 1.82) is 0 Å². The van der Waals surface area contributed by atoms with E-state index in [1.54, 1.807) is 0 Å². The largest absolute Gasteiger partial charge is 0.0636 e. The second-order valence-corrected chi connectivity index (χ2v) is 8.50. The van der Waals surface area contributed by atoms with Gasteiger partial charge in [-0.3, -0.25) is 0 Å². The highest BCUT2D eigenvalue weighted by Gasteiger charge is 2.18. The molecule has 8 aromatic carbocycles. The van der Waals surface area contributed by atoms with Crippen LogP contribution in [0.5, 0.6) is 0 Å². The van der Waals surface area contributed by atoms with E-state index in [-0.39, 0.29) is 0 Å². The van der Waals surface area contributed by atoms with Crippen molar-refractivity contribution in [3.8, 4) is 33.4 Å². The van der Waals surface area contributed by atoms with Gasteiger partial charge in [0.25, 0.3) is 0 Å². The molecule has 0 aliphatic rings. The molecule has 0 amide bonds. The van der Waals surface area contributed by atoms with E-state index in [1.165, 1.54) is 0 Å². The maximum atomic E-state index is 10.00. The highest BCUT2D eigenvalue weighted by Crippen LogP contribution is 2.45. The normalized spacial score (nSPS) is 20.6. The molecule has 0 saturated heterocycles. The molecule has 8 aromatic rings. The third-order valence-electron chi connectivity index (χ3n) is 6.31. The number of hydrogen-bond acceptors (Lipinski definition) is 0. The fourth-order valence-corrected chi connectivity index (χ4v) is 4.62. The van der Waals surface area contributed by atoms with Gasteiger partial charge in [0.2, 0.25) is 0 Å². The van der Waals surface area contributed by atoms with Crippen molar-refractivity contribution in [2.75, 3.05) is 0 Å². The molecule has 186 valence electrons. The monoisotopic (exact) mass is 532 g/mol. The molecule has 0 aromatic heterocycles. The lowest BCUT2D eigenvalue weighted by molar-refractivity contribution is 1.65. The smallest absolute Gasteiger partial charge is 0.0622 e. The minimum absolute atomic E-state index is 0.592. The quantitative estimate of drug-likeness (QED) is 0.198. The topological polar surface area (TPSA) is 0 Å². The van der Waals surface area contributed by atoms with Crippen LogP contribution in [-0.4, -0.2) is 0 Å². The molecule has 40 heavy (non-hydrogen) atoms. The lowest BCUT2D eigenvalue weighted by atomic mass is 9.84. The van der Waals surface area contributed by atoms with Crippen molar-refractivity contribution in [3.05, 3.63) is 157 Å². The highest BCUT2D eigenvalue weighted by molar-refractivity contribution is 6.22. The van der Waals surface area contributed by atoms with Crippen LogP contribution in [0.1, 0.15) is 35.6 Å². The minimum Gasteiger partial charge on any atom is -0.0622 e. The summed E-state index contributed by atoms with van der Waals surface area (Å²) in [4.78, 5) is 0. The average Bonchev–Trinajstić information content (AvgIpc) is 3.28. The van der Waals surface area contributed by atoms with Gasteiger partial charge < -0.3 is 0 Å². The predicted molar refractivity (Wildman–Crippen MR) is 173 cm³/mol. The Labute approximate surface area is 270 Å². The van der Waals surface area contributed by atoms with Crippen LogP contribution < -0.4 is 0 Å². The van der Waals surface area contributed by atoms with Crippen molar-refractivity contribution >= 4 is 43.1 Å². The Kier molecular flexibility index (Phi) is 1.99. The SMILES string of the molecule is [2H]c1c([2H])c([2H])c(-c2c3c([2H])c([2H])c([2H])c([2H])c3c(-c3c([2H])c([2H])c4c([2H])c([2H])c([2H])c([2H])c4c3[2H])c3c([2H])c([2H])c(-c4c([2H])c([2H])c([2H])c5c([2H])c([2H])c([2H])c([2H])c45)c([2H])c23)c([2H])c1[2H]. The zero-order valence-electron chi connectivity index (χ0n) is 46.0. The van der Waals surface area contributed by atoms with Crippen molar-refractivity contribution in [3.63, 3.8) is 0 Å². The van der Waals surface area contributed by atoms with E-state index in [4.69, 9.17) is 26.0 Å². The molecule has 0 atom stereocenters. The lowest BCUT2D eigenvalue weighted by Crippen LogP contribution is -1.92. The number of rotatable bonds is 3. The van der Waals surface area contributed by atoms with Crippen molar-refractivity contribution in [2.45, 2.75) is 0 Å². The molecule has 0 N–H and O–H groups in total. The molecular weight excluding hydrogens is 480 g/mol. The van der Waals surface area contributed by atoms with Crippen LogP contribution in [0.25, 0.3) is 76.5 Å². The number of benzene rings is 8. The van der Waals surface area contributed by atoms with Gasteiger partial charge in [-0.25, -0.2) is 0 Å². The highest BCUT2D eigenvalue weighted by atomic mass is 14.2. The molecule has 0 radical (unpaired) electrons. The minimum atomic E-state index is -1.08. The summed E-state index contributed by atoms with van der Waals surface area (Å²) >= 11 is 0. The summed E-state index contributed by atoms with van der Waals surface area (Å²) < 4.78 is 232. The Morgan fingerprint density at radius 1 is 0.300 bits per heavy atom. The molecule has 0 nitrogen and oxygen atoms in total. The van der Waals surface area contributed by atoms with E-state index in [0.717, 1.165) is 0 Å². The van der Waals surface area contributed by atoms with Crippen LogP contribution >= 0.6 is 0 Å². The van der Waals surface area contributed by atoms with Crippen molar-refractivity contribution in [2.24, 2.45) is 0 Å². The van der Waals surface area contributed by atoms with Crippen LogP contribution in [0.3, 0.4) is 0 Å². The standard InChI is InChI=1S/C40H26/c1-2-13-29(14-3-1)39-35-18-8-9-19-36(35)40(32-22-21-27-11-4-5-15-30(27)25-32)37-24-23-31(26-38(37)39)34-20-10-16-28-12-6-7-17-33(28)34/h1-26H/i1D,2D,3D,4D,5D,6D,7D,8D,9D,10D,11D,12D,13D,14D,15D,16D,17D,18D,19D,20D,21D,22D,23D,24D,25D,26D. The van der Waals surface area contributed by atoms with Gasteiger partial charge in [-0.1, -0.05) is 145 Å². The van der Waals surface area contributed by atoms with Gasteiger partial charge in [0.1, 0.15) is 0 Å². The first-order valence-electron chi connectivity index (χ1n) is 24.8. The summed E-state index contributed by atoms with van der Waals surface area (Å²) in [6.45, 7) is 0. The van der Waals surface area contributed by atoms with Gasteiger partial charge in [-0.05, 0) is 88.6 Å². The molecule has 0 heterocycles. The summed E-state index contributed by atoms with van der Waals surface area (Å²) in [7, 11) is 0. The molecule has 0 saturated carbocycles. The summed E-state index contributed by atoms with van der Waals surface area (Å²) in [5.74, 6) is 0. The molecule has 0 unspecified atom stereocenters. The van der Waals surface area contributed by atoms with Crippen LogP contribution in [0, 0.1) is 0 Å². The van der Waals surface area contributed by atoms with Gasteiger partial charge in [-0.2, -0.15) is 0 Å². The molecule has 8 rings (SSSR count). The summed E-state index contributed by atoms with van der Waals surface area (Å²) in [6.07, 6.45) is 0. The molecule has 0 fully saturated rings. The van der Waals surface area contributed by atoms with E-state index in [9.17, 15) is 9.60 Å².